The molecule has 0 aliphatic rings. The molecule has 0 aromatic heterocycles. The Morgan fingerprint density at radius 1 is 1.42 bits per heavy atom. The molecule has 0 fully saturated rings. The third-order valence-corrected chi connectivity index (χ3v) is 1.89. The minimum Gasteiger partial charge on any atom is -0.192 e. The summed E-state index contributed by atoms with van der Waals surface area (Å²) in [5, 5.41) is 8.61. The summed E-state index contributed by atoms with van der Waals surface area (Å²) in [7, 11) is 0. The van der Waals surface area contributed by atoms with Crippen LogP contribution in [0.25, 0.3) is 0 Å². The van der Waals surface area contributed by atoms with E-state index in [2.05, 4.69) is 26.8 Å². The lowest BCUT2D eigenvalue weighted by atomic mass is 9.97. The van der Waals surface area contributed by atoms with E-state index in [4.69, 9.17) is 5.26 Å². The molecule has 0 spiro atoms. The molecule has 0 aliphatic carbocycles. The standard InChI is InChI=1S/C11H12N/c1-8(2)11-5-4-10(7-12)6-9(11)3/h4-6,8H,3H2,1-2H3. The van der Waals surface area contributed by atoms with Crippen LogP contribution < -0.4 is 0 Å². The Kier molecular flexibility index (Phi) is 2.50. The molecule has 12 heavy (non-hydrogen) atoms. The van der Waals surface area contributed by atoms with Crippen molar-refractivity contribution in [3.05, 3.63) is 41.8 Å². The van der Waals surface area contributed by atoms with E-state index in [0.29, 0.717) is 11.5 Å². The SMILES string of the molecule is [CH2]c1cc(C#N)ccc1C(C)C. The Hall–Kier alpha value is -1.29. The molecule has 1 heteroatoms. The zero-order valence-electron chi connectivity index (χ0n) is 7.46. The van der Waals surface area contributed by atoms with Gasteiger partial charge in [-0.25, -0.2) is 0 Å². The van der Waals surface area contributed by atoms with Gasteiger partial charge in [0.2, 0.25) is 0 Å². The maximum atomic E-state index is 8.61. The molecule has 0 saturated carbocycles. The van der Waals surface area contributed by atoms with E-state index in [1.807, 2.05) is 18.2 Å². The van der Waals surface area contributed by atoms with Crippen molar-refractivity contribution in [3.63, 3.8) is 0 Å². The van der Waals surface area contributed by atoms with Gasteiger partial charge in [0.25, 0.3) is 0 Å². The van der Waals surface area contributed by atoms with Gasteiger partial charge in [0, 0.05) is 0 Å². The third kappa shape index (κ3) is 1.65. The Morgan fingerprint density at radius 3 is 2.50 bits per heavy atom. The highest BCUT2D eigenvalue weighted by Gasteiger charge is 2.02. The number of hydrogen-bond donors (Lipinski definition) is 0. The van der Waals surface area contributed by atoms with Crippen molar-refractivity contribution < 1.29 is 0 Å². The van der Waals surface area contributed by atoms with Gasteiger partial charge in [-0.2, -0.15) is 5.26 Å². The molecule has 0 N–H and O–H groups in total. The van der Waals surface area contributed by atoms with Crippen molar-refractivity contribution in [1.29, 1.82) is 5.26 Å². The average molecular weight is 158 g/mol. The second kappa shape index (κ2) is 3.40. The molecule has 0 unspecified atom stereocenters. The van der Waals surface area contributed by atoms with Crippen LogP contribution in [0, 0.1) is 18.3 Å². The van der Waals surface area contributed by atoms with Crippen molar-refractivity contribution >= 4 is 0 Å². The molecule has 1 nitrogen and oxygen atoms in total. The van der Waals surface area contributed by atoms with E-state index in [9.17, 15) is 0 Å². The molecule has 0 aliphatic heterocycles. The van der Waals surface area contributed by atoms with Crippen LogP contribution in [0.2, 0.25) is 0 Å². The smallest absolute Gasteiger partial charge is 0.0991 e. The van der Waals surface area contributed by atoms with E-state index in [1.165, 1.54) is 5.56 Å². The average Bonchev–Trinajstić information content (AvgIpc) is 2.03. The maximum Gasteiger partial charge on any atom is 0.0991 e. The summed E-state index contributed by atoms with van der Waals surface area (Å²) in [5.74, 6) is 0.477. The van der Waals surface area contributed by atoms with E-state index >= 15 is 0 Å². The summed E-state index contributed by atoms with van der Waals surface area (Å²) in [4.78, 5) is 0. The predicted molar refractivity (Wildman–Crippen MR) is 49.7 cm³/mol. The number of hydrogen-bond acceptors (Lipinski definition) is 1. The molecule has 1 radical (unpaired) electrons. The van der Waals surface area contributed by atoms with Crippen molar-refractivity contribution in [2.45, 2.75) is 19.8 Å². The van der Waals surface area contributed by atoms with Crippen molar-refractivity contribution in [3.8, 4) is 6.07 Å². The van der Waals surface area contributed by atoms with Gasteiger partial charge in [-0.15, -0.1) is 0 Å². The molecule has 0 heterocycles. The van der Waals surface area contributed by atoms with Crippen LogP contribution in [0.1, 0.15) is 36.5 Å². The largest absolute Gasteiger partial charge is 0.192 e. The first kappa shape index (κ1) is 8.80. The van der Waals surface area contributed by atoms with Crippen LogP contribution in [0.15, 0.2) is 18.2 Å². The van der Waals surface area contributed by atoms with Gasteiger partial charge >= 0.3 is 0 Å². The minimum absolute atomic E-state index is 0.477. The van der Waals surface area contributed by atoms with E-state index in [-0.39, 0.29) is 0 Å². The van der Waals surface area contributed by atoms with E-state index in [1.54, 1.807) is 0 Å². The van der Waals surface area contributed by atoms with Gasteiger partial charge in [0.15, 0.2) is 0 Å². The summed E-state index contributed by atoms with van der Waals surface area (Å²) in [5.41, 5.74) is 2.86. The van der Waals surface area contributed by atoms with Gasteiger partial charge in [-0.1, -0.05) is 19.9 Å². The summed E-state index contributed by atoms with van der Waals surface area (Å²) < 4.78 is 0. The second-order valence-electron chi connectivity index (χ2n) is 3.18. The van der Waals surface area contributed by atoms with Gasteiger partial charge in [0.1, 0.15) is 0 Å². The highest BCUT2D eigenvalue weighted by atomic mass is 14.2. The normalized spacial score (nSPS) is 9.92. The van der Waals surface area contributed by atoms with Crippen LogP contribution >= 0.6 is 0 Å². The van der Waals surface area contributed by atoms with Crippen molar-refractivity contribution in [2.75, 3.05) is 0 Å². The van der Waals surface area contributed by atoms with Gasteiger partial charge in [-0.05, 0) is 36.1 Å². The van der Waals surface area contributed by atoms with Gasteiger partial charge in [-0.3, -0.25) is 0 Å². The lowest BCUT2D eigenvalue weighted by molar-refractivity contribution is 0.861. The monoisotopic (exact) mass is 158 g/mol. The molecule has 0 bridgehead atoms. The van der Waals surface area contributed by atoms with Crippen LogP contribution in [0.5, 0.6) is 0 Å². The summed E-state index contributed by atoms with van der Waals surface area (Å²) in [6.45, 7) is 8.14. The topological polar surface area (TPSA) is 23.8 Å². The lowest BCUT2D eigenvalue weighted by Gasteiger charge is -2.08. The Balaban J connectivity index is 3.14. The first-order chi connectivity index (χ1) is 5.65. The van der Waals surface area contributed by atoms with Crippen LogP contribution in [-0.4, -0.2) is 0 Å². The molecule has 1 rings (SSSR count). The fraction of sp³-hybridized carbons (Fsp3) is 0.273. The van der Waals surface area contributed by atoms with Crippen LogP contribution in [-0.2, 0) is 0 Å². The van der Waals surface area contributed by atoms with Crippen molar-refractivity contribution in [1.82, 2.24) is 0 Å². The lowest BCUT2D eigenvalue weighted by Crippen LogP contribution is -1.91. The Labute approximate surface area is 73.6 Å². The fourth-order valence-electron chi connectivity index (χ4n) is 1.24. The van der Waals surface area contributed by atoms with Crippen LogP contribution in [0.3, 0.4) is 0 Å². The predicted octanol–water partition coefficient (Wildman–Crippen LogP) is 2.86. The molecule has 0 atom stereocenters. The maximum absolute atomic E-state index is 8.61. The molecule has 61 valence electrons. The second-order valence-corrected chi connectivity index (χ2v) is 3.18. The van der Waals surface area contributed by atoms with E-state index < -0.39 is 0 Å². The number of rotatable bonds is 1. The molecule has 0 saturated heterocycles. The molecule has 0 amide bonds. The Bertz CT molecular complexity index is 318. The quantitative estimate of drug-likeness (QED) is 0.616. The first-order valence-corrected chi connectivity index (χ1v) is 4.01. The fourth-order valence-corrected chi connectivity index (χ4v) is 1.24. The molecule has 1 aromatic rings. The zero-order valence-corrected chi connectivity index (χ0v) is 7.46. The summed E-state index contributed by atoms with van der Waals surface area (Å²) in [6, 6.07) is 7.74. The van der Waals surface area contributed by atoms with Crippen molar-refractivity contribution in [2.24, 2.45) is 0 Å². The van der Waals surface area contributed by atoms with Gasteiger partial charge in [0.05, 0.1) is 11.6 Å². The number of benzene rings is 1. The minimum atomic E-state index is 0.477. The molecule has 1 aromatic carbocycles. The highest BCUT2D eigenvalue weighted by Crippen LogP contribution is 2.19. The summed E-state index contributed by atoms with van der Waals surface area (Å²) in [6.07, 6.45) is 0. The third-order valence-electron chi connectivity index (χ3n) is 1.89. The number of nitriles is 1. The number of nitrogens with zero attached hydrogens (tertiary/aromatic N) is 1. The van der Waals surface area contributed by atoms with Gasteiger partial charge < -0.3 is 0 Å². The van der Waals surface area contributed by atoms with Crippen LogP contribution in [0.4, 0.5) is 0 Å². The summed E-state index contributed by atoms with van der Waals surface area (Å²) >= 11 is 0. The molecular formula is C11H12N. The zero-order chi connectivity index (χ0) is 9.14. The highest BCUT2D eigenvalue weighted by molar-refractivity contribution is 5.40. The first-order valence-electron chi connectivity index (χ1n) is 4.01. The molecular weight excluding hydrogens is 146 g/mol. The van der Waals surface area contributed by atoms with E-state index in [0.717, 1.165) is 5.56 Å². The Morgan fingerprint density at radius 2 is 2.08 bits per heavy atom.